The van der Waals surface area contributed by atoms with E-state index in [0.717, 1.165) is 10.8 Å². The predicted octanol–water partition coefficient (Wildman–Crippen LogP) is 5.40. The first-order valence-electron chi connectivity index (χ1n) is 12.4. The first-order valence-corrected chi connectivity index (χ1v) is 12.4. The molecular weight excluding hydrogens is 484 g/mol. The summed E-state index contributed by atoms with van der Waals surface area (Å²) >= 11 is 0. The molecule has 3 aromatic carbocycles. The third kappa shape index (κ3) is 3.36. The highest BCUT2D eigenvalue weighted by atomic mass is 16.5. The molecule has 1 aromatic heterocycles. The second-order valence-electron chi connectivity index (χ2n) is 9.97. The minimum Gasteiger partial charge on any atom is -0.494 e. The maximum Gasteiger partial charge on any atom is 0.337 e. The van der Waals surface area contributed by atoms with E-state index in [-0.39, 0.29) is 18.4 Å². The van der Waals surface area contributed by atoms with Gasteiger partial charge in [0, 0.05) is 17.2 Å². The summed E-state index contributed by atoms with van der Waals surface area (Å²) < 4.78 is 18.7. The topological polar surface area (TPSA) is 114 Å². The van der Waals surface area contributed by atoms with Crippen molar-refractivity contribution in [2.45, 2.75) is 37.4 Å². The average molecular weight is 511 g/mol. The number of hydrogen-bond donors (Lipinski definition) is 2. The van der Waals surface area contributed by atoms with Crippen LogP contribution in [-0.4, -0.2) is 34.5 Å². The van der Waals surface area contributed by atoms with Gasteiger partial charge in [0.15, 0.2) is 0 Å². The minimum atomic E-state index is -0.834. The molecule has 192 valence electrons. The van der Waals surface area contributed by atoms with Gasteiger partial charge in [-0.2, -0.15) is 5.26 Å². The molecule has 4 aromatic rings. The van der Waals surface area contributed by atoms with Crippen LogP contribution in [0.3, 0.4) is 0 Å². The number of methoxy groups -OCH3 is 1. The van der Waals surface area contributed by atoms with Crippen LogP contribution in [0.25, 0.3) is 16.5 Å². The van der Waals surface area contributed by atoms with Crippen molar-refractivity contribution in [2.75, 3.05) is 13.7 Å². The Balaban J connectivity index is 1.37. The summed E-state index contributed by atoms with van der Waals surface area (Å²) in [5.41, 5.74) is 1.06. The van der Waals surface area contributed by atoms with E-state index >= 15 is 0 Å². The third-order valence-corrected chi connectivity index (χ3v) is 7.82. The summed E-state index contributed by atoms with van der Waals surface area (Å²) in [5.74, 6) is -0.0648. The number of nitriles is 1. The van der Waals surface area contributed by atoms with E-state index in [4.69, 9.17) is 14.2 Å². The summed E-state index contributed by atoms with van der Waals surface area (Å²) in [7, 11) is 1.33. The fourth-order valence-corrected chi connectivity index (χ4v) is 6.08. The third-order valence-electron chi connectivity index (χ3n) is 7.82. The highest BCUT2D eigenvalue weighted by molar-refractivity contribution is 5.95. The van der Waals surface area contributed by atoms with Crippen LogP contribution >= 0.6 is 0 Å². The minimum absolute atomic E-state index is 0.0665. The van der Waals surface area contributed by atoms with Crippen LogP contribution in [0.5, 0.6) is 17.5 Å². The zero-order valence-electron chi connectivity index (χ0n) is 21.0. The van der Waals surface area contributed by atoms with E-state index in [0.29, 0.717) is 53.0 Å². The molecule has 0 radical (unpaired) electrons. The first-order chi connectivity index (χ1) is 18.3. The molecule has 2 N–H and O–H groups in total. The fourth-order valence-electron chi connectivity index (χ4n) is 6.08. The fraction of sp³-hybridized carbons (Fsp3) is 0.267. The number of ether oxygens (including phenoxy) is 3. The summed E-state index contributed by atoms with van der Waals surface area (Å²) in [6.07, 6.45) is 1.78. The normalized spacial score (nSPS) is 21.3. The molecule has 1 fully saturated rings. The molecule has 8 nitrogen and oxygen atoms in total. The Hall–Kier alpha value is -4.48. The van der Waals surface area contributed by atoms with Crippen molar-refractivity contribution < 1.29 is 29.2 Å². The van der Waals surface area contributed by atoms with Crippen LogP contribution in [0.4, 0.5) is 0 Å². The zero-order valence-corrected chi connectivity index (χ0v) is 21.0. The van der Waals surface area contributed by atoms with Crippen LogP contribution < -0.4 is 4.74 Å². The van der Waals surface area contributed by atoms with Gasteiger partial charge in [-0.25, -0.2) is 4.79 Å². The Bertz CT molecular complexity index is 1650. The largest absolute Gasteiger partial charge is 0.494 e. The SMILES string of the molecule is COC(=O)c1cccc(OCC[C@]23CC[C@](C)(O2)c2c3c(O)n(-c3ccc(C#N)c4ccccc34)c2O)c1. The van der Waals surface area contributed by atoms with Crippen LogP contribution in [0.1, 0.15) is 53.2 Å². The van der Waals surface area contributed by atoms with Crippen molar-refractivity contribution in [1.29, 1.82) is 5.26 Å². The summed E-state index contributed by atoms with van der Waals surface area (Å²) in [4.78, 5) is 11.9. The Morgan fingerprint density at radius 1 is 1.05 bits per heavy atom. The summed E-state index contributed by atoms with van der Waals surface area (Å²) in [6, 6.07) is 19.8. The van der Waals surface area contributed by atoms with Gasteiger partial charge in [0.25, 0.3) is 0 Å². The lowest BCUT2D eigenvalue weighted by Crippen LogP contribution is -2.25. The van der Waals surface area contributed by atoms with E-state index in [1.807, 2.05) is 31.2 Å². The Morgan fingerprint density at radius 3 is 2.58 bits per heavy atom. The van der Waals surface area contributed by atoms with Gasteiger partial charge in [-0.3, -0.25) is 4.57 Å². The Labute approximate surface area is 219 Å². The molecule has 0 spiro atoms. The molecule has 3 heterocycles. The van der Waals surface area contributed by atoms with E-state index in [1.165, 1.54) is 11.7 Å². The highest BCUT2D eigenvalue weighted by Gasteiger charge is 2.61. The van der Waals surface area contributed by atoms with Crippen molar-refractivity contribution >= 4 is 16.7 Å². The monoisotopic (exact) mass is 510 g/mol. The molecule has 0 saturated carbocycles. The molecule has 0 aliphatic carbocycles. The highest BCUT2D eigenvalue weighted by Crippen LogP contribution is 2.65. The van der Waals surface area contributed by atoms with Crippen molar-refractivity contribution in [3.8, 4) is 29.3 Å². The molecule has 0 amide bonds. The number of nitrogens with zero attached hydrogens (tertiary/aromatic N) is 2. The molecule has 1 saturated heterocycles. The standard InChI is InChI=1S/C30H26N2O6/c1-29-12-13-30(38-29,14-15-37-20-7-5-6-18(16-20)28(35)36-2)25-24(29)26(33)32(27(25)34)23-11-10-19(17-31)21-8-3-4-9-22(21)23/h3-11,16,33-34H,12-15H2,1-2H3/t29-,30-/m0/s1. The number of esters is 1. The second kappa shape index (κ2) is 8.54. The quantitative estimate of drug-likeness (QED) is 0.334. The molecule has 8 heteroatoms. The number of aromatic nitrogens is 1. The lowest BCUT2D eigenvalue weighted by atomic mass is 9.78. The van der Waals surface area contributed by atoms with Crippen LogP contribution in [0, 0.1) is 11.3 Å². The molecule has 6 rings (SSSR count). The molecule has 0 unspecified atom stereocenters. The number of benzene rings is 3. The number of hydrogen-bond acceptors (Lipinski definition) is 7. The number of carbonyl (C=O) groups excluding carboxylic acids is 1. The van der Waals surface area contributed by atoms with Crippen molar-refractivity contribution in [2.24, 2.45) is 0 Å². The first kappa shape index (κ1) is 23.9. The number of rotatable bonds is 6. The maximum atomic E-state index is 11.9. The number of aromatic hydroxyl groups is 2. The van der Waals surface area contributed by atoms with Crippen molar-refractivity contribution in [3.05, 3.63) is 82.9 Å². The number of carbonyl (C=O) groups is 1. The molecular formula is C30H26N2O6. The van der Waals surface area contributed by atoms with Gasteiger partial charge in [0.05, 0.1) is 53.3 Å². The summed E-state index contributed by atoms with van der Waals surface area (Å²) in [5, 5.41) is 34.1. The molecule has 2 aliphatic rings. The lowest BCUT2D eigenvalue weighted by Gasteiger charge is -2.26. The van der Waals surface area contributed by atoms with E-state index in [9.17, 15) is 20.3 Å². The Kier molecular flexibility index (Phi) is 5.37. The van der Waals surface area contributed by atoms with Crippen LogP contribution in [0.2, 0.25) is 0 Å². The Morgan fingerprint density at radius 2 is 1.82 bits per heavy atom. The van der Waals surface area contributed by atoms with E-state index < -0.39 is 17.2 Å². The van der Waals surface area contributed by atoms with Gasteiger partial charge < -0.3 is 24.4 Å². The van der Waals surface area contributed by atoms with Gasteiger partial charge in [0.2, 0.25) is 11.8 Å². The molecule has 2 bridgehead atoms. The zero-order chi connectivity index (χ0) is 26.7. The summed E-state index contributed by atoms with van der Waals surface area (Å²) in [6.45, 7) is 2.20. The lowest BCUT2D eigenvalue weighted by molar-refractivity contribution is -0.0876. The van der Waals surface area contributed by atoms with Gasteiger partial charge in [-0.05, 0) is 50.1 Å². The second-order valence-corrected chi connectivity index (χ2v) is 9.97. The van der Waals surface area contributed by atoms with Crippen molar-refractivity contribution in [3.63, 3.8) is 0 Å². The van der Waals surface area contributed by atoms with Gasteiger partial charge in [-0.15, -0.1) is 0 Å². The van der Waals surface area contributed by atoms with E-state index in [2.05, 4.69) is 6.07 Å². The molecule has 38 heavy (non-hydrogen) atoms. The molecule has 2 atom stereocenters. The maximum absolute atomic E-state index is 11.9. The number of fused-ring (bicyclic) bond motifs is 6. The van der Waals surface area contributed by atoms with Gasteiger partial charge in [-0.1, -0.05) is 30.3 Å². The predicted molar refractivity (Wildman–Crippen MR) is 139 cm³/mol. The van der Waals surface area contributed by atoms with Crippen LogP contribution in [-0.2, 0) is 20.7 Å². The molecule has 2 aliphatic heterocycles. The van der Waals surface area contributed by atoms with Crippen LogP contribution in [0.15, 0.2) is 60.7 Å². The average Bonchev–Trinajstić information content (AvgIpc) is 3.52. The smallest absolute Gasteiger partial charge is 0.337 e. The van der Waals surface area contributed by atoms with Crippen molar-refractivity contribution in [1.82, 2.24) is 4.57 Å². The van der Waals surface area contributed by atoms with Gasteiger partial charge in [0.1, 0.15) is 11.4 Å². The van der Waals surface area contributed by atoms with E-state index in [1.54, 1.807) is 36.4 Å². The van der Waals surface area contributed by atoms with Gasteiger partial charge >= 0.3 is 5.97 Å².